The number of aromatic nitrogens is 3. The third-order valence-corrected chi connectivity index (χ3v) is 6.56. The molecule has 0 unspecified atom stereocenters. The number of nitrogens with zero attached hydrogens (tertiary/aromatic N) is 3. The van der Waals surface area contributed by atoms with Crippen molar-refractivity contribution in [1.29, 1.82) is 0 Å². The van der Waals surface area contributed by atoms with Gasteiger partial charge in [-0.25, -0.2) is 4.68 Å². The number of halogens is 1. The first kappa shape index (κ1) is 23.0. The van der Waals surface area contributed by atoms with Crippen molar-refractivity contribution in [2.24, 2.45) is 0 Å². The van der Waals surface area contributed by atoms with Crippen LogP contribution in [-0.2, 0) is 6.61 Å². The van der Waals surface area contributed by atoms with Crippen LogP contribution < -0.4 is 4.74 Å². The van der Waals surface area contributed by atoms with E-state index < -0.39 is 0 Å². The smallest absolute Gasteiger partial charge is 0.171 e. The molecule has 0 N–H and O–H groups in total. The fourth-order valence-corrected chi connectivity index (χ4v) is 4.35. The third kappa shape index (κ3) is 5.10. The van der Waals surface area contributed by atoms with Gasteiger partial charge in [-0.05, 0) is 54.1 Å². The third-order valence-electron chi connectivity index (χ3n) is 6.03. The monoisotopic (exact) mass is 547 g/mol. The summed E-state index contributed by atoms with van der Waals surface area (Å²) in [5.41, 5.74) is 6.46. The summed E-state index contributed by atoms with van der Waals surface area (Å²) in [5.74, 6) is 1.45. The van der Waals surface area contributed by atoms with E-state index in [0.717, 1.165) is 49.6 Å². The second kappa shape index (κ2) is 10.3. The van der Waals surface area contributed by atoms with E-state index >= 15 is 0 Å². The second-order valence-electron chi connectivity index (χ2n) is 8.55. The number of para-hydroxylation sites is 1. The Balaban J connectivity index is 1.34. The van der Waals surface area contributed by atoms with Crippen LogP contribution in [0.4, 0.5) is 0 Å². The van der Waals surface area contributed by atoms with Crippen LogP contribution in [0, 0.1) is 0 Å². The lowest BCUT2D eigenvalue weighted by atomic mass is 10.1. The van der Waals surface area contributed by atoms with E-state index in [-0.39, 0.29) is 0 Å². The molecule has 0 atom stereocenters. The average Bonchev–Trinajstić information content (AvgIpc) is 3.62. The van der Waals surface area contributed by atoms with E-state index in [0.29, 0.717) is 12.4 Å². The molecule has 0 saturated heterocycles. The van der Waals surface area contributed by atoms with Crippen LogP contribution in [0.1, 0.15) is 5.56 Å². The Hall–Kier alpha value is -4.42. The lowest BCUT2D eigenvalue weighted by molar-refractivity contribution is 0.306. The van der Waals surface area contributed by atoms with Gasteiger partial charge in [0.25, 0.3) is 0 Å². The summed E-state index contributed by atoms with van der Waals surface area (Å²) in [4.78, 5) is 0. The van der Waals surface area contributed by atoms with Crippen LogP contribution in [0.15, 0.2) is 130 Å². The van der Waals surface area contributed by atoms with Crippen molar-refractivity contribution >= 4 is 15.9 Å². The van der Waals surface area contributed by atoms with E-state index in [2.05, 4.69) is 33.2 Å². The fraction of sp³-hybridized carbons (Fsp3) is 0.0323. The Morgan fingerprint density at radius 3 is 2.16 bits per heavy atom. The molecule has 0 spiro atoms. The minimum absolute atomic E-state index is 0.519. The minimum Gasteiger partial charge on any atom is -0.489 e. The summed E-state index contributed by atoms with van der Waals surface area (Å²) in [5, 5.41) is 9.25. The Bertz CT molecular complexity index is 1610. The van der Waals surface area contributed by atoms with Crippen LogP contribution in [0.3, 0.4) is 0 Å². The zero-order valence-corrected chi connectivity index (χ0v) is 21.4. The molecular weight excluding hydrogens is 526 g/mol. The molecule has 0 aliphatic heterocycles. The van der Waals surface area contributed by atoms with Crippen molar-refractivity contribution in [2.45, 2.75) is 6.61 Å². The highest BCUT2D eigenvalue weighted by Crippen LogP contribution is 2.35. The predicted octanol–water partition coefficient (Wildman–Crippen LogP) is 8.20. The number of rotatable bonds is 7. The zero-order valence-electron chi connectivity index (χ0n) is 19.8. The van der Waals surface area contributed by atoms with Gasteiger partial charge >= 0.3 is 0 Å². The molecule has 0 amide bonds. The predicted molar refractivity (Wildman–Crippen MR) is 148 cm³/mol. The molecule has 0 aliphatic carbocycles. The number of hydrogen-bond acceptors (Lipinski definition) is 4. The summed E-state index contributed by atoms with van der Waals surface area (Å²) in [6.07, 6.45) is 1.98. The van der Waals surface area contributed by atoms with Gasteiger partial charge in [-0.2, -0.15) is 5.10 Å². The van der Waals surface area contributed by atoms with Crippen LogP contribution in [-0.4, -0.2) is 14.9 Å². The van der Waals surface area contributed by atoms with Crippen molar-refractivity contribution in [2.75, 3.05) is 0 Å². The van der Waals surface area contributed by atoms with Gasteiger partial charge < -0.3 is 9.26 Å². The van der Waals surface area contributed by atoms with Crippen molar-refractivity contribution < 1.29 is 9.26 Å². The Labute approximate surface area is 223 Å². The highest BCUT2D eigenvalue weighted by Gasteiger charge is 2.19. The van der Waals surface area contributed by atoms with Crippen LogP contribution in [0.25, 0.3) is 39.5 Å². The molecule has 0 bridgehead atoms. The number of ether oxygens (including phenoxy) is 1. The maximum absolute atomic E-state index is 5.98. The van der Waals surface area contributed by atoms with Gasteiger partial charge in [0.1, 0.15) is 23.7 Å². The molecule has 0 radical (unpaired) electrons. The van der Waals surface area contributed by atoms with Crippen molar-refractivity contribution in [3.63, 3.8) is 0 Å². The Morgan fingerprint density at radius 2 is 1.43 bits per heavy atom. The van der Waals surface area contributed by atoms with Crippen molar-refractivity contribution in [1.82, 2.24) is 14.9 Å². The minimum atomic E-state index is 0.519. The molecule has 0 aliphatic rings. The largest absolute Gasteiger partial charge is 0.489 e. The molecule has 0 fully saturated rings. The molecule has 6 aromatic rings. The summed E-state index contributed by atoms with van der Waals surface area (Å²) < 4.78 is 14.7. The van der Waals surface area contributed by atoms with Crippen LogP contribution in [0.5, 0.6) is 5.75 Å². The first-order valence-electron chi connectivity index (χ1n) is 11.9. The SMILES string of the molecule is Brc1ccc(-c2cc(-c3cn(-c4ccccc4)nc3-c3ccc(OCc4ccccc4)cc3)on2)cc1. The maximum Gasteiger partial charge on any atom is 0.171 e. The molecule has 2 aromatic heterocycles. The Morgan fingerprint density at radius 1 is 0.757 bits per heavy atom. The topological polar surface area (TPSA) is 53.1 Å². The summed E-state index contributed by atoms with van der Waals surface area (Å²) in [6.45, 7) is 0.519. The maximum atomic E-state index is 5.98. The second-order valence-corrected chi connectivity index (χ2v) is 9.47. The normalized spacial score (nSPS) is 10.9. The van der Waals surface area contributed by atoms with E-state index in [1.807, 2.05) is 114 Å². The lowest BCUT2D eigenvalue weighted by Gasteiger charge is -2.07. The molecule has 2 heterocycles. The van der Waals surface area contributed by atoms with Crippen molar-refractivity contribution in [3.05, 3.63) is 131 Å². The highest BCUT2D eigenvalue weighted by molar-refractivity contribution is 9.10. The molecule has 6 rings (SSSR count). The molecule has 37 heavy (non-hydrogen) atoms. The number of hydrogen-bond donors (Lipinski definition) is 0. The fourth-order valence-electron chi connectivity index (χ4n) is 4.09. The molecule has 180 valence electrons. The zero-order chi connectivity index (χ0) is 25.0. The van der Waals surface area contributed by atoms with E-state index in [4.69, 9.17) is 14.4 Å². The van der Waals surface area contributed by atoms with Gasteiger partial charge in [-0.3, -0.25) is 0 Å². The van der Waals surface area contributed by atoms with Gasteiger partial charge in [0, 0.05) is 27.9 Å². The van der Waals surface area contributed by atoms with Crippen molar-refractivity contribution in [3.8, 4) is 45.3 Å². The molecule has 0 saturated carbocycles. The Kier molecular flexibility index (Phi) is 6.40. The summed E-state index contributed by atoms with van der Waals surface area (Å²) >= 11 is 3.48. The highest BCUT2D eigenvalue weighted by atomic mass is 79.9. The standard InChI is InChI=1S/C31H22BrN3O2/c32-25-15-11-23(12-16-25)29-19-30(37-34-29)28-20-35(26-9-5-2-6-10-26)33-31(28)24-13-17-27(18-14-24)36-21-22-7-3-1-4-8-22/h1-20H,21H2. The summed E-state index contributed by atoms with van der Waals surface area (Å²) in [6, 6.07) is 38.1. The van der Waals surface area contributed by atoms with Gasteiger partial charge in [0.15, 0.2) is 5.76 Å². The first-order chi connectivity index (χ1) is 18.2. The van der Waals surface area contributed by atoms with E-state index in [9.17, 15) is 0 Å². The van der Waals surface area contributed by atoms with Gasteiger partial charge in [-0.15, -0.1) is 0 Å². The molecular formula is C31H22BrN3O2. The van der Waals surface area contributed by atoms with E-state index in [1.165, 1.54) is 0 Å². The quantitative estimate of drug-likeness (QED) is 0.202. The molecule has 4 aromatic carbocycles. The van der Waals surface area contributed by atoms with E-state index in [1.54, 1.807) is 0 Å². The lowest BCUT2D eigenvalue weighted by Crippen LogP contribution is -1.95. The van der Waals surface area contributed by atoms with Crippen LogP contribution in [0.2, 0.25) is 0 Å². The first-order valence-corrected chi connectivity index (χ1v) is 12.7. The van der Waals surface area contributed by atoms with Gasteiger partial charge in [-0.1, -0.05) is 81.8 Å². The van der Waals surface area contributed by atoms with Gasteiger partial charge in [0.05, 0.1) is 11.3 Å². The molecule has 6 heteroatoms. The summed E-state index contributed by atoms with van der Waals surface area (Å²) in [7, 11) is 0. The molecule has 5 nitrogen and oxygen atoms in total. The van der Waals surface area contributed by atoms with Crippen LogP contribution >= 0.6 is 15.9 Å². The van der Waals surface area contributed by atoms with Gasteiger partial charge in [0.2, 0.25) is 0 Å². The average molecular weight is 548 g/mol. The number of benzene rings is 4.